The monoisotopic (exact) mass is 267 g/mol. The molecule has 1 aromatic carbocycles. The van der Waals surface area contributed by atoms with Crippen molar-refractivity contribution in [1.29, 1.82) is 0 Å². The average molecular weight is 267 g/mol. The molecule has 0 aromatic heterocycles. The van der Waals surface area contributed by atoms with E-state index in [9.17, 15) is 19.6 Å². The van der Waals surface area contributed by atoms with Gasteiger partial charge in [-0.05, 0) is 36.8 Å². The van der Waals surface area contributed by atoms with Gasteiger partial charge in [-0.25, -0.2) is 0 Å². The lowest BCUT2D eigenvalue weighted by Gasteiger charge is -2.20. The van der Waals surface area contributed by atoms with Gasteiger partial charge in [0.2, 0.25) is 5.82 Å². The Balaban J connectivity index is 2.10. The fraction of sp³-hybridized carbons (Fsp3) is 0.571. The largest absolute Gasteiger partial charge is 0.393 e. The van der Waals surface area contributed by atoms with Gasteiger partial charge in [0.1, 0.15) is 0 Å². The van der Waals surface area contributed by atoms with Crippen LogP contribution in [0.1, 0.15) is 37.7 Å². The molecule has 0 bridgehead atoms. The number of nitro groups is 1. The van der Waals surface area contributed by atoms with Crippen LogP contribution < -0.4 is 0 Å². The fourth-order valence-corrected chi connectivity index (χ4v) is 2.73. The molecule has 1 N–H and O–H groups in total. The first kappa shape index (κ1) is 13.9. The summed E-state index contributed by atoms with van der Waals surface area (Å²) in [7, 11) is 0. The van der Waals surface area contributed by atoms with Gasteiger partial charge in [0.25, 0.3) is 0 Å². The van der Waals surface area contributed by atoms with E-state index in [4.69, 9.17) is 0 Å². The van der Waals surface area contributed by atoms with Gasteiger partial charge < -0.3 is 5.11 Å². The summed E-state index contributed by atoms with van der Waals surface area (Å²) in [6, 6.07) is 4.00. The molecule has 2 atom stereocenters. The molecule has 2 unspecified atom stereocenters. The van der Waals surface area contributed by atoms with Crippen LogP contribution in [0.25, 0.3) is 0 Å². The van der Waals surface area contributed by atoms with Gasteiger partial charge in [-0.1, -0.05) is 25.3 Å². The highest BCUT2D eigenvalue weighted by Crippen LogP contribution is 2.28. The third kappa shape index (κ3) is 3.50. The van der Waals surface area contributed by atoms with E-state index in [0.29, 0.717) is 12.0 Å². The van der Waals surface area contributed by atoms with Crippen molar-refractivity contribution in [2.45, 2.75) is 44.6 Å². The average Bonchev–Trinajstić information content (AvgIpc) is 2.55. The summed E-state index contributed by atoms with van der Waals surface area (Å²) in [4.78, 5) is 9.82. The number of nitro benzene ring substituents is 1. The van der Waals surface area contributed by atoms with Crippen LogP contribution in [0.15, 0.2) is 18.2 Å². The van der Waals surface area contributed by atoms with Crippen LogP contribution in [0.4, 0.5) is 10.1 Å². The molecule has 0 radical (unpaired) electrons. The van der Waals surface area contributed by atoms with Gasteiger partial charge in [0.05, 0.1) is 11.0 Å². The Labute approximate surface area is 111 Å². The molecule has 1 fully saturated rings. The third-order valence-electron chi connectivity index (χ3n) is 3.83. The zero-order valence-electron chi connectivity index (χ0n) is 10.7. The Hall–Kier alpha value is -1.49. The van der Waals surface area contributed by atoms with Crippen LogP contribution in [-0.4, -0.2) is 16.1 Å². The SMILES string of the molecule is O=[N+]([O-])c1ccc(CC2CCCCCC2O)cc1F. The maximum atomic E-state index is 13.5. The highest BCUT2D eigenvalue weighted by atomic mass is 19.1. The molecule has 1 aromatic rings. The highest BCUT2D eigenvalue weighted by Gasteiger charge is 2.23. The number of hydrogen-bond donors (Lipinski definition) is 1. The van der Waals surface area contributed by atoms with Gasteiger partial charge in [0, 0.05) is 6.07 Å². The number of hydrogen-bond acceptors (Lipinski definition) is 3. The van der Waals surface area contributed by atoms with Crippen LogP contribution in [0, 0.1) is 21.8 Å². The number of benzene rings is 1. The number of aliphatic hydroxyl groups is 1. The fourth-order valence-electron chi connectivity index (χ4n) is 2.73. The van der Waals surface area contributed by atoms with E-state index in [2.05, 4.69) is 0 Å². The molecule has 0 amide bonds. The number of rotatable bonds is 3. The molecule has 1 saturated carbocycles. The normalized spacial score (nSPS) is 23.9. The summed E-state index contributed by atoms with van der Waals surface area (Å²) in [5, 5.41) is 20.6. The van der Waals surface area contributed by atoms with Crippen molar-refractivity contribution in [3.63, 3.8) is 0 Å². The van der Waals surface area contributed by atoms with Crippen molar-refractivity contribution in [2.24, 2.45) is 5.92 Å². The van der Waals surface area contributed by atoms with E-state index in [-0.39, 0.29) is 12.0 Å². The summed E-state index contributed by atoms with van der Waals surface area (Å²) in [6.45, 7) is 0. The van der Waals surface area contributed by atoms with Crippen molar-refractivity contribution in [2.75, 3.05) is 0 Å². The minimum atomic E-state index is -0.800. The molecule has 19 heavy (non-hydrogen) atoms. The van der Waals surface area contributed by atoms with E-state index in [0.717, 1.165) is 32.1 Å². The summed E-state index contributed by atoms with van der Waals surface area (Å²) in [5.41, 5.74) is 0.221. The molecule has 2 rings (SSSR count). The summed E-state index contributed by atoms with van der Waals surface area (Å²) >= 11 is 0. The Morgan fingerprint density at radius 3 is 2.74 bits per heavy atom. The molecule has 0 aliphatic heterocycles. The molecule has 0 spiro atoms. The second kappa shape index (κ2) is 6.10. The summed E-state index contributed by atoms with van der Waals surface area (Å²) in [5.74, 6) is -0.672. The van der Waals surface area contributed by atoms with Gasteiger partial charge in [-0.3, -0.25) is 10.1 Å². The third-order valence-corrected chi connectivity index (χ3v) is 3.83. The standard InChI is InChI=1S/C14H18FNO3/c15-12-9-10(6-7-13(12)16(18)19)8-11-4-2-1-3-5-14(11)17/h6-7,9,11,14,17H,1-5,8H2. The Kier molecular flexibility index (Phi) is 4.47. The number of nitrogens with zero attached hydrogens (tertiary/aromatic N) is 1. The Morgan fingerprint density at radius 2 is 2.05 bits per heavy atom. The van der Waals surface area contributed by atoms with Crippen LogP contribution in [0.5, 0.6) is 0 Å². The van der Waals surface area contributed by atoms with Gasteiger partial charge in [0.15, 0.2) is 0 Å². The first-order valence-electron chi connectivity index (χ1n) is 6.69. The van der Waals surface area contributed by atoms with E-state index < -0.39 is 16.4 Å². The lowest BCUT2D eigenvalue weighted by Crippen LogP contribution is -2.21. The second-order valence-corrected chi connectivity index (χ2v) is 5.21. The Bertz CT molecular complexity index is 464. The molecule has 104 valence electrons. The van der Waals surface area contributed by atoms with Crippen molar-refractivity contribution in [3.05, 3.63) is 39.7 Å². The number of aliphatic hydroxyl groups excluding tert-OH is 1. The quantitative estimate of drug-likeness (QED) is 0.519. The predicted octanol–water partition coefficient (Wildman–Crippen LogP) is 3.22. The maximum absolute atomic E-state index is 13.5. The van der Waals surface area contributed by atoms with Crippen molar-refractivity contribution < 1.29 is 14.4 Å². The molecule has 0 saturated heterocycles. The molecular weight excluding hydrogens is 249 g/mol. The van der Waals surface area contributed by atoms with Crippen LogP contribution >= 0.6 is 0 Å². The van der Waals surface area contributed by atoms with Gasteiger partial charge in [-0.2, -0.15) is 4.39 Å². The van der Waals surface area contributed by atoms with Crippen LogP contribution in [0.3, 0.4) is 0 Å². The van der Waals surface area contributed by atoms with Crippen LogP contribution in [0.2, 0.25) is 0 Å². The van der Waals surface area contributed by atoms with Crippen molar-refractivity contribution >= 4 is 5.69 Å². The molecule has 5 heteroatoms. The summed E-state index contributed by atoms with van der Waals surface area (Å²) < 4.78 is 13.5. The lowest BCUT2D eigenvalue weighted by molar-refractivity contribution is -0.387. The van der Waals surface area contributed by atoms with E-state index in [1.807, 2.05) is 0 Å². The van der Waals surface area contributed by atoms with E-state index in [1.165, 1.54) is 12.1 Å². The molecule has 4 nitrogen and oxygen atoms in total. The minimum Gasteiger partial charge on any atom is -0.393 e. The Morgan fingerprint density at radius 1 is 1.32 bits per heavy atom. The highest BCUT2D eigenvalue weighted by molar-refractivity contribution is 5.35. The van der Waals surface area contributed by atoms with Crippen molar-refractivity contribution in [3.8, 4) is 0 Å². The maximum Gasteiger partial charge on any atom is 0.304 e. The van der Waals surface area contributed by atoms with Crippen LogP contribution in [-0.2, 0) is 6.42 Å². The predicted molar refractivity (Wildman–Crippen MR) is 69.3 cm³/mol. The first-order valence-corrected chi connectivity index (χ1v) is 6.69. The van der Waals surface area contributed by atoms with Gasteiger partial charge >= 0.3 is 5.69 Å². The topological polar surface area (TPSA) is 63.4 Å². The molecule has 1 aliphatic rings. The lowest BCUT2D eigenvalue weighted by atomic mass is 9.90. The second-order valence-electron chi connectivity index (χ2n) is 5.21. The summed E-state index contributed by atoms with van der Waals surface area (Å²) in [6.07, 6.45) is 5.20. The smallest absolute Gasteiger partial charge is 0.304 e. The molecule has 0 heterocycles. The number of halogens is 1. The van der Waals surface area contributed by atoms with E-state index >= 15 is 0 Å². The zero-order valence-corrected chi connectivity index (χ0v) is 10.7. The minimum absolute atomic E-state index is 0.128. The van der Waals surface area contributed by atoms with Gasteiger partial charge in [-0.15, -0.1) is 0 Å². The molecular formula is C14H18FNO3. The zero-order chi connectivity index (χ0) is 13.8. The van der Waals surface area contributed by atoms with E-state index in [1.54, 1.807) is 6.07 Å². The van der Waals surface area contributed by atoms with Crippen molar-refractivity contribution in [1.82, 2.24) is 0 Å². The first-order chi connectivity index (χ1) is 9.08. The molecule has 1 aliphatic carbocycles.